The fourth-order valence-corrected chi connectivity index (χ4v) is 2.59. The lowest BCUT2D eigenvalue weighted by Crippen LogP contribution is -2.22. The van der Waals surface area contributed by atoms with E-state index in [0.29, 0.717) is 5.92 Å². The summed E-state index contributed by atoms with van der Waals surface area (Å²) in [5.74, 6) is 0.712. The molecule has 3 nitrogen and oxygen atoms in total. The minimum absolute atomic E-state index is 0.712. The number of rotatable bonds is 8. The minimum Gasteiger partial charge on any atom is -0.310 e. The Morgan fingerprint density at radius 1 is 1.47 bits per heavy atom. The zero-order valence-electron chi connectivity index (χ0n) is 11.5. The second-order valence-corrected chi connectivity index (χ2v) is 5.94. The average molecular weight is 255 g/mol. The van der Waals surface area contributed by atoms with Crippen molar-refractivity contribution in [2.45, 2.75) is 40.3 Å². The summed E-state index contributed by atoms with van der Waals surface area (Å²) in [5, 5.41) is 6.77. The highest BCUT2D eigenvalue weighted by molar-refractivity contribution is 7.09. The van der Waals surface area contributed by atoms with Gasteiger partial charge in [0.1, 0.15) is 5.01 Å². The van der Waals surface area contributed by atoms with Crippen molar-refractivity contribution in [3.8, 4) is 0 Å². The Hall–Kier alpha value is -0.450. The van der Waals surface area contributed by atoms with E-state index in [-0.39, 0.29) is 0 Å². The van der Waals surface area contributed by atoms with Crippen LogP contribution in [-0.2, 0) is 13.1 Å². The molecule has 0 fully saturated rings. The first-order valence-corrected chi connectivity index (χ1v) is 7.32. The van der Waals surface area contributed by atoms with Gasteiger partial charge < -0.3 is 10.2 Å². The smallest absolute Gasteiger partial charge is 0.107 e. The number of nitrogens with one attached hydrogen (secondary N) is 1. The first kappa shape index (κ1) is 14.6. The molecule has 17 heavy (non-hydrogen) atoms. The first-order valence-electron chi connectivity index (χ1n) is 6.44. The summed E-state index contributed by atoms with van der Waals surface area (Å²) in [6.45, 7) is 10.7. The Kier molecular flexibility index (Phi) is 6.70. The van der Waals surface area contributed by atoms with Gasteiger partial charge in [-0.05, 0) is 25.9 Å². The summed E-state index contributed by atoms with van der Waals surface area (Å²) < 4.78 is 0. The molecule has 0 aromatic carbocycles. The van der Waals surface area contributed by atoms with Crippen molar-refractivity contribution in [2.75, 3.05) is 20.1 Å². The fourth-order valence-electron chi connectivity index (χ4n) is 1.84. The van der Waals surface area contributed by atoms with E-state index in [9.17, 15) is 0 Å². The van der Waals surface area contributed by atoms with E-state index in [2.05, 4.69) is 48.4 Å². The molecule has 0 radical (unpaired) electrons. The highest BCUT2D eigenvalue weighted by Crippen LogP contribution is 2.11. The predicted octanol–water partition coefficient (Wildman–Crippen LogP) is 2.73. The summed E-state index contributed by atoms with van der Waals surface area (Å²) in [6.07, 6.45) is 1.18. The molecule has 0 saturated carbocycles. The molecule has 1 aromatic heterocycles. The van der Waals surface area contributed by atoms with Gasteiger partial charge in [0.15, 0.2) is 0 Å². The summed E-state index contributed by atoms with van der Waals surface area (Å²) in [6, 6.07) is 0. The molecule has 1 rings (SSSR count). The summed E-state index contributed by atoms with van der Waals surface area (Å²) in [5.41, 5.74) is 1.20. The maximum Gasteiger partial charge on any atom is 0.107 e. The SMILES string of the molecule is CCCNCc1nc(CN(C)CC(C)C)cs1. The molecule has 0 aliphatic carbocycles. The van der Waals surface area contributed by atoms with E-state index in [1.807, 2.05) is 0 Å². The molecule has 0 spiro atoms. The third-order valence-electron chi connectivity index (χ3n) is 2.41. The van der Waals surface area contributed by atoms with Gasteiger partial charge in [0.25, 0.3) is 0 Å². The van der Waals surface area contributed by atoms with Crippen LogP contribution in [0.5, 0.6) is 0 Å². The largest absolute Gasteiger partial charge is 0.310 e. The van der Waals surface area contributed by atoms with Crippen molar-refractivity contribution in [2.24, 2.45) is 5.92 Å². The van der Waals surface area contributed by atoms with Crippen LogP contribution in [0.4, 0.5) is 0 Å². The van der Waals surface area contributed by atoms with Gasteiger partial charge in [-0.15, -0.1) is 11.3 Å². The molecule has 0 amide bonds. The standard InChI is InChI=1S/C13H25N3S/c1-5-6-14-7-13-15-12(10-17-13)9-16(4)8-11(2)3/h10-11,14H,5-9H2,1-4H3. The van der Waals surface area contributed by atoms with Crippen molar-refractivity contribution in [1.29, 1.82) is 0 Å². The highest BCUT2D eigenvalue weighted by atomic mass is 32.1. The maximum absolute atomic E-state index is 4.64. The van der Waals surface area contributed by atoms with E-state index in [1.54, 1.807) is 11.3 Å². The lowest BCUT2D eigenvalue weighted by molar-refractivity contribution is 0.285. The Morgan fingerprint density at radius 3 is 2.88 bits per heavy atom. The lowest BCUT2D eigenvalue weighted by Gasteiger charge is -2.17. The van der Waals surface area contributed by atoms with Gasteiger partial charge in [0.2, 0.25) is 0 Å². The van der Waals surface area contributed by atoms with Crippen molar-refractivity contribution >= 4 is 11.3 Å². The number of hydrogen-bond acceptors (Lipinski definition) is 4. The zero-order valence-corrected chi connectivity index (χ0v) is 12.3. The van der Waals surface area contributed by atoms with Gasteiger partial charge in [-0.1, -0.05) is 20.8 Å². The molecule has 1 heterocycles. The maximum atomic E-state index is 4.64. The molecule has 1 aromatic rings. The third kappa shape index (κ3) is 6.15. The van der Waals surface area contributed by atoms with E-state index in [1.165, 1.54) is 17.1 Å². The normalized spacial score (nSPS) is 11.6. The molecule has 0 aliphatic heterocycles. The van der Waals surface area contributed by atoms with Crippen LogP contribution < -0.4 is 5.32 Å². The van der Waals surface area contributed by atoms with Crippen molar-refractivity contribution in [3.63, 3.8) is 0 Å². The van der Waals surface area contributed by atoms with E-state index >= 15 is 0 Å². The van der Waals surface area contributed by atoms with Crippen molar-refractivity contribution in [3.05, 3.63) is 16.1 Å². The van der Waals surface area contributed by atoms with Crippen LogP contribution in [0, 0.1) is 5.92 Å². The lowest BCUT2D eigenvalue weighted by atomic mass is 10.2. The molecular formula is C13H25N3S. The van der Waals surface area contributed by atoms with E-state index in [0.717, 1.165) is 26.2 Å². The topological polar surface area (TPSA) is 28.2 Å². The number of nitrogens with zero attached hydrogens (tertiary/aromatic N) is 2. The summed E-state index contributed by atoms with van der Waals surface area (Å²) >= 11 is 1.76. The summed E-state index contributed by atoms with van der Waals surface area (Å²) in [4.78, 5) is 6.98. The van der Waals surface area contributed by atoms with Gasteiger partial charge in [-0.25, -0.2) is 4.98 Å². The van der Waals surface area contributed by atoms with Crippen LogP contribution in [0.1, 0.15) is 37.9 Å². The van der Waals surface area contributed by atoms with Crippen molar-refractivity contribution in [1.82, 2.24) is 15.2 Å². The van der Waals surface area contributed by atoms with Crippen LogP contribution in [-0.4, -0.2) is 30.0 Å². The molecule has 0 bridgehead atoms. The predicted molar refractivity (Wildman–Crippen MR) is 75.3 cm³/mol. The molecule has 98 valence electrons. The van der Waals surface area contributed by atoms with Gasteiger partial charge in [0.05, 0.1) is 5.69 Å². The first-order chi connectivity index (χ1) is 8.11. The molecule has 4 heteroatoms. The van der Waals surface area contributed by atoms with Gasteiger partial charge in [-0.3, -0.25) is 0 Å². The van der Waals surface area contributed by atoms with Crippen molar-refractivity contribution < 1.29 is 0 Å². The van der Waals surface area contributed by atoms with Crippen LogP contribution in [0.25, 0.3) is 0 Å². The third-order valence-corrected chi connectivity index (χ3v) is 3.31. The molecule has 0 saturated heterocycles. The number of aromatic nitrogens is 1. The van der Waals surface area contributed by atoms with Crippen LogP contribution in [0.2, 0.25) is 0 Å². The number of thiazole rings is 1. The molecular weight excluding hydrogens is 230 g/mol. The van der Waals surface area contributed by atoms with Gasteiger partial charge >= 0.3 is 0 Å². The average Bonchev–Trinajstić information content (AvgIpc) is 2.64. The Morgan fingerprint density at radius 2 is 2.24 bits per heavy atom. The minimum atomic E-state index is 0.712. The molecule has 0 aliphatic rings. The molecule has 1 N–H and O–H groups in total. The van der Waals surface area contributed by atoms with E-state index in [4.69, 9.17) is 0 Å². The van der Waals surface area contributed by atoms with Gasteiger partial charge in [-0.2, -0.15) is 0 Å². The second-order valence-electron chi connectivity index (χ2n) is 5.00. The number of hydrogen-bond donors (Lipinski definition) is 1. The monoisotopic (exact) mass is 255 g/mol. The van der Waals surface area contributed by atoms with Crippen LogP contribution >= 0.6 is 11.3 Å². The molecule has 0 unspecified atom stereocenters. The van der Waals surface area contributed by atoms with E-state index < -0.39 is 0 Å². The molecule has 0 atom stereocenters. The second kappa shape index (κ2) is 7.80. The van der Waals surface area contributed by atoms with Crippen LogP contribution in [0.15, 0.2) is 5.38 Å². The Labute approximate surface area is 109 Å². The quantitative estimate of drug-likeness (QED) is 0.724. The highest BCUT2D eigenvalue weighted by Gasteiger charge is 2.06. The van der Waals surface area contributed by atoms with Gasteiger partial charge in [0, 0.05) is 25.0 Å². The fraction of sp³-hybridized carbons (Fsp3) is 0.769. The Balaban J connectivity index is 2.34. The summed E-state index contributed by atoms with van der Waals surface area (Å²) in [7, 11) is 2.16. The Bertz CT molecular complexity index is 309. The zero-order chi connectivity index (χ0) is 12.7. The van der Waals surface area contributed by atoms with Crippen LogP contribution in [0.3, 0.4) is 0 Å².